The van der Waals surface area contributed by atoms with Crippen LogP contribution in [0.25, 0.3) is 0 Å². The van der Waals surface area contributed by atoms with Crippen molar-refractivity contribution in [2.45, 2.75) is 62.9 Å². The monoisotopic (exact) mass is 316 g/mol. The molecule has 6 rings (SSSR count). The number of thiophene rings is 1. The maximum Gasteiger partial charge on any atom is 0.261 e. The van der Waals surface area contributed by atoms with E-state index >= 15 is 0 Å². The van der Waals surface area contributed by atoms with Gasteiger partial charge in [0.05, 0.1) is 10.9 Å². The number of nitrogens with zero attached hydrogens (tertiary/aromatic N) is 1. The summed E-state index contributed by atoms with van der Waals surface area (Å²) < 4.78 is 0. The van der Waals surface area contributed by atoms with E-state index in [2.05, 4.69) is 16.3 Å². The van der Waals surface area contributed by atoms with E-state index in [1.54, 1.807) is 11.3 Å². The zero-order valence-corrected chi connectivity index (χ0v) is 13.9. The highest BCUT2D eigenvalue weighted by molar-refractivity contribution is 7.14. The summed E-state index contributed by atoms with van der Waals surface area (Å²) in [6.07, 6.45) is 10.0. The first-order chi connectivity index (χ1) is 10.8. The number of aryl methyl sites for hydroxylation is 2. The van der Waals surface area contributed by atoms with Gasteiger partial charge in [-0.25, -0.2) is 0 Å². The van der Waals surface area contributed by atoms with E-state index in [4.69, 9.17) is 0 Å². The SMILES string of the molecule is O=C(NC1C2CCN(CC2)C12CC2)c1cc2c(s1)CCCC2. The van der Waals surface area contributed by atoms with Crippen molar-refractivity contribution in [3.63, 3.8) is 0 Å². The van der Waals surface area contributed by atoms with E-state index in [9.17, 15) is 4.79 Å². The molecule has 22 heavy (non-hydrogen) atoms. The van der Waals surface area contributed by atoms with Gasteiger partial charge >= 0.3 is 0 Å². The third-order valence-electron chi connectivity index (χ3n) is 6.49. The van der Waals surface area contributed by atoms with Gasteiger partial charge in [-0.3, -0.25) is 9.69 Å². The molecule has 1 atom stereocenters. The summed E-state index contributed by atoms with van der Waals surface area (Å²) in [5, 5.41) is 3.46. The second kappa shape index (κ2) is 4.81. The highest BCUT2D eigenvalue weighted by Gasteiger charge is 2.60. The first kappa shape index (κ1) is 13.6. The molecule has 2 aliphatic carbocycles. The molecule has 1 saturated carbocycles. The number of carbonyl (C=O) groups excluding carboxylic acids is 1. The summed E-state index contributed by atoms with van der Waals surface area (Å²) in [5.41, 5.74) is 1.78. The normalized spacial score (nSPS) is 34.5. The maximum absolute atomic E-state index is 12.8. The first-order valence-corrected chi connectivity index (χ1v) is 9.75. The minimum absolute atomic E-state index is 0.199. The molecule has 1 aromatic heterocycles. The summed E-state index contributed by atoms with van der Waals surface area (Å²) >= 11 is 1.75. The molecule has 4 fully saturated rings. The van der Waals surface area contributed by atoms with Crippen molar-refractivity contribution in [1.29, 1.82) is 0 Å². The first-order valence-electron chi connectivity index (χ1n) is 8.94. The van der Waals surface area contributed by atoms with Gasteiger partial charge in [0.2, 0.25) is 0 Å². The van der Waals surface area contributed by atoms with Crippen molar-refractivity contribution in [2.24, 2.45) is 5.92 Å². The van der Waals surface area contributed by atoms with Crippen molar-refractivity contribution in [2.75, 3.05) is 13.1 Å². The lowest BCUT2D eigenvalue weighted by Gasteiger charge is -2.52. The van der Waals surface area contributed by atoms with Crippen LogP contribution >= 0.6 is 11.3 Å². The van der Waals surface area contributed by atoms with Crippen LogP contribution in [0.15, 0.2) is 6.07 Å². The number of amides is 1. The Morgan fingerprint density at radius 3 is 2.73 bits per heavy atom. The molecular weight excluding hydrogens is 292 g/mol. The third-order valence-corrected chi connectivity index (χ3v) is 7.72. The zero-order valence-electron chi connectivity index (χ0n) is 13.1. The fourth-order valence-electron chi connectivity index (χ4n) is 5.14. The second-order valence-electron chi connectivity index (χ2n) is 7.65. The van der Waals surface area contributed by atoms with Crippen LogP contribution in [0.1, 0.15) is 58.6 Å². The molecule has 4 heteroatoms. The molecule has 1 amide bonds. The third kappa shape index (κ3) is 1.93. The summed E-state index contributed by atoms with van der Waals surface area (Å²) in [7, 11) is 0. The number of fused-ring (bicyclic) bond motifs is 3. The highest BCUT2D eigenvalue weighted by Crippen LogP contribution is 2.53. The lowest BCUT2D eigenvalue weighted by Crippen LogP contribution is -2.65. The molecule has 1 unspecified atom stereocenters. The smallest absolute Gasteiger partial charge is 0.261 e. The molecule has 1 N–H and O–H groups in total. The molecule has 1 aromatic rings. The molecule has 4 heterocycles. The lowest BCUT2D eigenvalue weighted by atomic mass is 9.77. The number of hydrogen-bond donors (Lipinski definition) is 1. The molecule has 0 radical (unpaired) electrons. The Kier molecular flexibility index (Phi) is 2.97. The molecule has 0 aromatic carbocycles. The molecule has 3 saturated heterocycles. The Hall–Kier alpha value is -0.870. The Bertz CT molecular complexity index is 587. The van der Waals surface area contributed by atoms with Crippen LogP contribution in [0.5, 0.6) is 0 Å². The van der Waals surface area contributed by atoms with Gasteiger partial charge in [0.1, 0.15) is 0 Å². The van der Waals surface area contributed by atoms with Crippen molar-refractivity contribution in [3.05, 3.63) is 21.4 Å². The van der Waals surface area contributed by atoms with Crippen LogP contribution in [-0.4, -0.2) is 35.5 Å². The van der Waals surface area contributed by atoms with Gasteiger partial charge in [-0.1, -0.05) is 0 Å². The predicted molar refractivity (Wildman–Crippen MR) is 88.5 cm³/mol. The topological polar surface area (TPSA) is 32.3 Å². The summed E-state index contributed by atoms with van der Waals surface area (Å²) in [6, 6.07) is 2.58. The van der Waals surface area contributed by atoms with Gasteiger partial charge < -0.3 is 5.32 Å². The minimum Gasteiger partial charge on any atom is -0.346 e. The standard InChI is InChI=1S/C18H24N2OS/c21-17(15-11-13-3-1-2-4-14(13)22-15)19-16-12-5-9-20(10-6-12)18(16)7-8-18/h11-12,16H,1-10H2,(H,19,21). The number of rotatable bonds is 2. The van der Waals surface area contributed by atoms with Crippen LogP contribution in [-0.2, 0) is 12.8 Å². The molecular formula is C18H24N2OS. The molecule has 3 nitrogen and oxygen atoms in total. The Morgan fingerprint density at radius 2 is 2.00 bits per heavy atom. The Morgan fingerprint density at radius 1 is 1.23 bits per heavy atom. The fraction of sp³-hybridized carbons (Fsp3) is 0.722. The van der Waals surface area contributed by atoms with Crippen LogP contribution in [0.4, 0.5) is 0 Å². The van der Waals surface area contributed by atoms with Crippen molar-refractivity contribution in [3.8, 4) is 0 Å². The number of hydrogen-bond acceptors (Lipinski definition) is 3. The van der Waals surface area contributed by atoms with Gasteiger partial charge in [0.15, 0.2) is 0 Å². The van der Waals surface area contributed by atoms with E-state index in [0.717, 1.165) is 4.88 Å². The molecule has 2 bridgehead atoms. The van der Waals surface area contributed by atoms with E-state index in [1.807, 2.05) is 0 Å². The quantitative estimate of drug-likeness (QED) is 0.910. The largest absolute Gasteiger partial charge is 0.346 e. The Balaban J connectivity index is 1.37. The molecule has 1 spiro atoms. The average molecular weight is 316 g/mol. The predicted octanol–water partition coefficient (Wildman–Crippen LogP) is 2.98. The average Bonchev–Trinajstić information content (AvgIpc) is 3.20. The highest BCUT2D eigenvalue weighted by atomic mass is 32.1. The lowest BCUT2D eigenvalue weighted by molar-refractivity contribution is -0.00138. The van der Waals surface area contributed by atoms with Gasteiger partial charge in [-0.05, 0) is 82.0 Å². The van der Waals surface area contributed by atoms with Crippen molar-refractivity contribution < 1.29 is 4.79 Å². The van der Waals surface area contributed by atoms with Crippen LogP contribution < -0.4 is 5.32 Å². The number of piperidine rings is 3. The minimum atomic E-state index is 0.199. The van der Waals surface area contributed by atoms with Crippen LogP contribution in [0, 0.1) is 5.92 Å². The Labute approximate surface area is 136 Å². The van der Waals surface area contributed by atoms with E-state index in [1.165, 1.54) is 74.9 Å². The summed E-state index contributed by atoms with van der Waals surface area (Å²) in [4.78, 5) is 17.9. The number of carbonyl (C=O) groups is 1. The molecule has 5 aliphatic rings. The number of nitrogens with one attached hydrogen (secondary N) is 1. The van der Waals surface area contributed by atoms with Crippen molar-refractivity contribution >= 4 is 17.2 Å². The molecule has 118 valence electrons. The van der Waals surface area contributed by atoms with Crippen LogP contribution in [0.2, 0.25) is 0 Å². The second-order valence-corrected chi connectivity index (χ2v) is 8.78. The van der Waals surface area contributed by atoms with Gasteiger partial charge in [-0.2, -0.15) is 0 Å². The van der Waals surface area contributed by atoms with Gasteiger partial charge in [-0.15, -0.1) is 11.3 Å². The van der Waals surface area contributed by atoms with Gasteiger partial charge in [0, 0.05) is 10.4 Å². The van der Waals surface area contributed by atoms with Crippen molar-refractivity contribution in [1.82, 2.24) is 10.2 Å². The fourth-order valence-corrected chi connectivity index (χ4v) is 6.29. The van der Waals surface area contributed by atoms with Crippen LogP contribution in [0.3, 0.4) is 0 Å². The maximum atomic E-state index is 12.8. The summed E-state index contributed by atoms with van der Waals surface area (Å²) in [5.74, 6) is 0.912. The van der Waals surface area contributed by atoms with E-state index < -0.39 is 0 Å². The summed E-state index contributed by atoms with van der Waals surface area (Å²) in [6.45, 7) is 2.51. The van der Waals surface area contributed by atoms with Gasteiger partial charge in [0.25, 0.3) is 5.91 Å². The zero-order chi connectivity index (χ0) is 14.7. The van der Waals surface area contributed by atoms with E-state index in [-0.39, 0.29) is 5.91 Å². The molecule has 3 aliphatic heterocycles. The van der Waals surface area contributed by atoms with E-state index in [0.29, 0.717) is 17.5 Å².